The van der Waals surface area contributed by atoms with E-state index in [1.807, 2.05) is 24.5 Å². The Hall–Kier alpha value is -2.50. The summed E-state index contributed by atoms with van der Waals surface area (Å²) in [5, 5.41) is 0. The standard InChI is InChI=1S/C19H24N4O2/c1-10(2)9-22-15-8-13(6)12(5)7-14(15)20-16-17(22)21-19(25)23(11(3)4)18(16)24/h7-8,10-11H,9H2,1-6H3. The third-order valence-corrected chi connectivity index (χ3v) is 4.47. The van der Waals surface area contributed by atoms with E-state index >= 15 is 0 Å². The van der Waals surface area contributed by atoms with Crippen LogP contribution >= 0.6 is 0 Å². The summed E-state index contributed by atoms with van der Waals surface area (Å²) in [5.41, 5.74) is 3.28. The SMILES string of the molecule is Cc1cc2nc3c(=O)n(C(C)C)c(=O)nc-3n(CC(C)C)c2cc1C. The number of benzene rings is 1. The van der Waals surface area contributed by atoms with Gasteiger partial charge in [-0.1, -0.05) is 13.8 Å². The van der Waals surface area contributed by atoms with E-state index in [0.29, 0.717) is 18.3 Å². The second kappa shape index (κ2) is 6.10. The Morgan fingerprint density at radius 3 is 2.24 bits per heavy atom. The van der Waals surface area contributed by atoms with Crippen molar-refractivity contribution in [2.45, 2.75) is 54.1 Å². The van der Waals surface area contributed by atoms with Gasteiger partial charge in [-0.2, -0.15) is 4.98 Å². The molecule has 0 amide bonds. The Kier molecular flexibility index (Phi) is 4.22. The molecule has 1 aromatic rings. The second-order valence-electron chi connectivity index (χ2n) is 7.38. The fourth-order valence-corrected chi connectivity index (χ4v) is 3.11. The molecule has 6 nitrogen and oxygen atoms in total. The van der Waals surface area contributed by atoms with Gasteiger partial charge in [0.1, 0.15) is 0 Å². The molecule has 132 valence electrons. The third-order valence-electron chi connectivity index (χ3n) is 4.47. The van der Waals surface area contributed by atoms with Gasteiger partial charge in [0.25, 0.3) is 5.56 Å². The van der Waals surface area contributed by atoms with Crippen LogP contribution in [0.2, 0.25) is 0 Å². The minimum Gasteiger partial charge on any atom is -0.322 e. The summed E-state index contributed by atoms with van der Waals surface area (Å²) in [7, 11) is 0. The number of fused-ring (bicyclic) bond motifs is 2. The number of hydrogen-bond acceptors (Lipinski definition) is 4. The van der Waals surface area contributed by atoms with Crippen molar-refractivity contribution in [3.05, 3.63) is 44.1 Å². The van der Waals surface area contributed by atoms with E-state index < -0.39 is 5.69 Å². The molecule has 0 N–H and O–H groups in total. The van der Waals surface area contributed by atoms with Crippen LogP contribution in [-0.2, 0) is 6.54 Å². The fraction of sp³-hybridized carbons (Fsp3) is 0.474. The van der Waals surface area contributed by atoms with Crippen molar-refractivity contribution in [3.8, 4) is 11.5 Å². The predicted octanol–water partition coefficient (Wildman–Crippen LogP) is 2.91. The number of rotatable bonds is 3. The first-order valence-corrected chi connectivity index (χ1v) is 8.64. The zero-order chi connectivity index (χ0) is 18.5. The molecular weight excluding hydrogens is 316 g/mol. The van der Waals surface area contributed by atoms with Gasteiger partial charge in [-0.25, -0.2) is 9.78 Å². The molecule has 1 aromatic carbocycles. The van der Waals surface area contributed by atoms with Gasteiger partial charge >= 0.3 is 5.69 Å². The molecule has 0 radical (unpaired) electrons. The second-order valence-corrected chi connectivity index (χ2v) is 7.38. The van der Waals surface area contributed by atoms with Crippen LogP contribution in [0.25, 0.3) is 22.6 Å². The van der Waals surface area contributed by atoms with Crippen molar-refractivity contribution >= 4 is 11.0 Å². The van der Waals surface area contributed by atoms with Crippen molar-refractivity contribution in [2.75, 3.05) is 0 Å². The molecule has 2 heterocycles. The molecule has 0 aromatic heterocycles. The molecule has 0 saturated heterocycles. The van der Waals surface area contributed by atoms with Crippen molar-refractivity contribution < 1.29 is 0 Å². The molecule has 0 aliphatic carbocycles. The van der Waals surface area contributed by atoms with Crippen LogP contribution in [0.3, 0.4) is 0 Å². The van der Waals surface area contributed by atoms with E-state index in [4.69, 9.17) is 0 Å². The van der Waals surface area contributed by atoms with Gasteiger partial charge in [0.2, 0.25) is 0 Å². The Labute approximate surface area is 146 Å². The summed E-state index contributed by atoms with van der Waals surface area (Å²) in [6, 6.07) is 3.79. The van der Waals surface area contributed by atoms with E-state index in [-0.39, 0.29) is 17.3 Å². The van der Waals surface area contributed by atoms with Crippen molar-refractivity contribution in [1.29, 1.82) is 0 Å². The quantitative estimate of drug-likeness (QED) is 0.688. The smallest absolute Gasteiger partial charge is 0.322 e. The first-order chi connectivity index (χ1) is 11.7. The lowest BCUT2D eigenvalue weighted by molar-refractivity contribution is 0.515. The number of nitrogens with zero attached hydrogens (tertiary/aromatic N) is 4. The third kappa shape index (κ3) is 2.86. The number of hydrogen-bond donors (Lipinski definition) is 0. The lowest BCUT2D eigenvalue weighted by atomic mass is 10.1. The Morgan fingerprint density at radius 1 is 1.00 bits per heavy atom. The average Bonchev–Trinajstić information content (AvgIpc) is 2.49. The van der Waals surface area contributed by atoms with Gasteiger partial charge in [-0.3, -0.25) is 9.36 Å². The molecule has 0 unspecified atom stereocenters. The zero-order valence-corrected chi connectivity index (χ0v) is 15.6. The van der Waals surface area contributed by atoms with Gasteiger partial charge in [0.05, 0.1) is 11.0 Å². The molecular formula is C19H24N4O2. The van der Waals surface area contributed by atoms with Crippen LogP contribution < -0.4 is 11.2 Å². The maximum absolute atomic E-state index is 12.9. The first kappa shape index (κ1) is 17.3. The van der Waals surface area contributed by atoms with Gasteiger partial charge in [0.15, 0.2) is 11.5 Å². The highest BCUT2D eigenvalue weighted by Crippen LogP contribution is 2.25. The van der Waals surface area contributed by atoms with Crippen molar-refractivity contribution in [3.63, 3.8) is 0 Å². The zero-order valence-electron chi connectivity index (χ0n) is 15.6. The number of aromatic nitrogens is 4. The summed E-state index contributed by atoms with van der Waals surface area (Å²) in [6.45, 7) is 12.5. The molecule has 0 atom stereocenters. The Morgan fingerprint density at radius 2 is 1.64 bits per heavy atom. The summed E-state index contributed by atoms with van der Waals surface area (Å²) >= 11 is 0. The molecule has 0 saturated carbocycles. The maximum atomic E-state index is 12.9. The summed E-state index contributed by atoms with van der Waals surface area (Å²) < 4.78 is 3.13. The number of aryl methyl sites for hydroxylation is 2. The highest BCUT2D eigenvalue weighted by molar-refractivity contribution is 5.81. The predicted molar refractivity (Wildman–Crippen MR) is 99.4 cm³/mol. The van der Waals surface area contributed by atoms with Crippen molar-refractivity contribution in [1.82, 2.24) is 19.1 Å². The van der Waals surface area contributed by atoms with E-state index in [1.54, 1.807) is 13.8 Å². The van der Waals surface area contributed by atoms with E-state index in [1.165, 1.54) is 4.57 Å². The topological polar surface area (TPSA) is 69.8 Å². The van der Waals surface area contributed by atoms with E-state index in [0.717, 1.165) is 22.2 Å². The van der Waals surface area contributed by atoms with Crippen LogP contribution in [0.5, 0.6) is 0 Å². The highest BCUT2D eigenvalue weighted by atomic mass is 16.2. The molecule has 25 heavy (non-hydrogen) atoms. The van der Waals surface area contributed by atoms with Crippen LogP contribution in [0.4, 0.5) is 0 Å². The van der Waals surface area contributed by atoms with Gasteiger partial charge < -0.3 is 4.57 Å². The molecule has 3 rings (SSSR count). The van der Waals surface area contributed by atoms with Gasteiger partial charge in [0, 0.05) is 12.6 Å². The van der Waals surface area contributed by atoms with Crippen LogP contribution in [-0.4, -0.2) is 19.1 Å². The van der Waals surface area contributed by atoms with Gasteiger partial charge in [-0.15, -0.1) is 0 Å². The normalized spacial score (nSPS) is 12.0. The monoisotopic (exact) mass is 340 g/mol. The molecule has 0 fully saturated rings. The maximum Gasteiger partial charge on any atom is 0.352 e. The minimum atomic E-state index is -0.519. The minimum absolute atomic E-state index is 0.254. The molecule has 6 heteroatoms. The van der Waals surface area contributed by atoms with Crippen LogP contribution in [0, 0.1) is 19.8 Å². The molecule has 0 spiro atoms. The van der Waals surface area contributed by atoms with Crippen molar-refractivity contribution in [2.24, 2.45) is 5.92 Å². The first-order valence-electron chi connectivity index (χ1n) is 8.64. The fourth-order valence-electron chi connectivity index (χ4n) is 3.11. The van der Waals surface area contributed by atoms with Gasteiger partial charge in [-0.05, 0) is 56.9 Å². The Bertz CT molecular complexity index is 1040. The lowest BCUT2D eigenvalue weighted by Crippen LogP contribution is -2.39. The molecule has 2 aliphatic rings. The summed E-state index contributed by atoms with van der Waals surface area (Å²) in [6.07, 6.45) is 0. The molecule has 2 aliphatic heterocycles. The Balaban J connectivity index is 2.54. The van der Waals surface area contributed by atoms with Crippen LogP contribution in [0.1, 0.15) is 44.9 Å². The highest BCUT2D eigenvalue weighted by Gasteiger charge is 2.23. The lowest BCUT2D eigenvalue weighted by Gasteiger charge is -2.20. The van der Waals surface area contributed by atoms with E-state index in [2.05, 4.69) is 29.9 Å². The summed E-state index contributed by atoms with van der Waals surface area (Å²) in [4.78, 5) is 34.1. The molecule has 0 bridgehead atoms. The van der Waals surface area contributed by atoms with Crippen LogP contribution in [0.15, 0.2) is 21.7 Å². The average molecular weight is 340 g/mol. The largest absolute Gasteiger partial charge is 0.352 e. The summed E-state index contributed by atoms with van der Waals surface area (Å²) in [5.74, 6) is 0.709. The van der Waals surface area contributed by atoms with E-state index in [9.17, 15) is 9.59 Å².